The second kappa shape index (κ2) is 10.3. The highest BCUT2D eigenvalue weighted by Gasteiger charge is 2.14. The molecule has 0 radical (unpaired) electrons. The highest BCUT2D eigenvalue weighted by atomic mass is 35.5. The van der Waals surface area contributed by atoms with Crippen LogP contribution in [0.25, 0.3) is 0 Å². The minimum atomic E-state index is 0.0154. The maximum absolute atomic E-state index is 12.5. The van der Waals surface area contributed by atoms with Gasteiger partial charge in [-0.1, -0.05) is 53.7 Å². The lowest BCUT2D eigenvalue weighted by atomic mass is 10.2. The Morgan fingerprint density at radius 2 is 1.86 bits per heavy atom. The van der Waals surface area contributed by atoms with Gasteiger partial charge in [0.2, 0.25) is 5.91 Å². The highest BCUT2D eigenvalue weighted by Crippen LogP contribution is 2.19. The first-order chi connectivity index (χ1) is 14.0. The first-order valence-electron chi connectivity index (χ1n) is 9.22. The van der Waals surface area contributed by atoms with Crippen LogP contribution in [-0.4, -0.2) is 51.5 Å². The summed E-state index contributed by atoms with van der Waals surface area (Å²) in [5, 5.41) is 9.79. The number of rotatable bonds is 9. The number of carbonyl (C=O) groups excluding carboxylic acids is 1. The molecule has 0 N–H and O–H groups in total. The molecular weight excluding hydrogens is 408 g/mol. The number of hydrogen-bond donors (Lipinski definition) is 0. The van der Waals surface area contributed by atoms with E-state index < -0.39 is 0 Å². The van der Waals surface area contributed by atoms with Gasteiger partial charge in [-0.15, -0.1) is 10.2 Å². The van der Waals surface area contributed by atoms with E-state index in [1.807, 2.05) is 41.8 Å². The first-order valence-corrected chi connectivity index (χ1v) is 10.6. The molecule has 0 spiro atoms. The molecule has 0 aliphatic carbocycles. The average molecular weight is 431 g/mol. The Labute approximate surface area is 179 Å². The third-order valence-corrected chi connectivity index (χ3v) is 5.55. The van der Waals surface area contributed by atoms with Crippen LogP contribution in [-0.2, 0) is 11.3 Å². The summed E-state index contributed by atoms with van der Waals surface area (Å²) in [7, 11) is 1.77. The van der Waals surface area contributed by atoms with E-state index in [1.54, 1.807) is 24.1 Å². The number of halogens is 1. The molecule has 3 aromatic rings. The first kappa shape index (κ1) is 21.2. The summed E-state index contributed by atoms with van der Waals surface area (Å²) in [6, 6.07) is 17.3. The van der Waals surface area contributed by atoms with Crippen molar-refractivity contribution in [3.8, 4) is 5.75 Å². The number of likely N-dealkylation sites (N-methyl/N-ethyl adjacent to an activating group) is 1. The monoisotopic (exact) mass is 430 g/mol. The van der Waals surface area contributed by atoms with Gasteiger partial charge in [0, 0.05) is 12.1 Å². The number of hydrogen-bond acceptors (Lipinski definition) is 5. The molecule has 0 unspecified atom stereocenters. The van der Waals surface area contributed by atoms with E-state index in [9.17, 15) is 4.79 Å². The highest BCUT2D eigenvalue weighted by molar-refractivity contribution is 7.99. The van der Waals surface area contributed by atoms with Crippen LogP contribution >= 0.6 is 23.4 Å². The number of benzene rings is 2. The summed E-state index contributed by atoms with van der Waals surface area (Å²) < 4.78 is 7.67. The number of carbonyl (C=O) groups is 1. The Bertz CT molecular complexity index is 932. The Balaban J connectivity index is 1.48. The van der Waals surface area contributed by atoms with Crippen LogP contribution in [0.4, 0.5) is 0 Å². The van der Waals surface area contributed by atoms with Gasteiger partial charge in [0.15, 0.2) is 5.16 Å². The van der Waals surface area contributed by atoms with E-state index >= 15 is 0 Å². The summed E-state index contributed by atoms with van der Waals surface area (Å²) in [4.78, 5) is 14.1. The van der Waals surface area contributed by atoms with Crippen molar-refractivity contribution in [3.63, 3.8) is 0 Å². The summed E-state index contributed by atoms with van der Waals surface area (Å²) in [6.07, 6.45) is 0. The summed E-state index contributed by atoms with van der Waals surface area (Å²) in [5.74, 6) is 1.87. The number of ether oxygens (including phenoxy) is 1. The molecule has 3 rings (SSSR count). The van der Waals surface area contributed by atoms with E-state index in [4.69, 9.17) is 16.3 Å². The lowest BCUT2D eigenvalue weighted by Crippen LogP contribution is -2.32. The van der Waals surface area contributed by atoms with Gasteiger partial charge in [-0.3, -0.25) is 4.79 Å². The molecule has 6 nitrogen and oxygen atoms in total. The lowest BCUT2D eigenvalue weighted by molar-refractivity contribution is -0.127. The number of amides is 1. The molecule has 1 amide bonds. The van der Waals surface area contributed by atoms with E-state index in [2.05, 4.69) is 22.3 Å². The SMILES string of the molecule is Cc1nnc(SCC(=O)N(C)CCOc2ccc(Cl)cc2)n1Cc1ccccc1. The minimum absolute atomic E-state index is 0.0154. The van der Waals surface area contributed by atoms with Crippen molar-refractivity contribution in [1.29, 1.82) is 0 Å². The van der Waals surface area contributed by atoms with Crippen LogP contribution in [0.1, 0.15) is 11.4 Å². The largest absolute Gasteiger partial charge is 0.492 e. The molecule has 29 heavy (non-hydrogen) atoms. The van der Waals surface area contributed by atoms with Crippen molar-refractivity contribution >= 4 is 29.3 Å². The van der Waals surface area contributed by atoms with E-state index in [-0.39, 0.29) is 5.91 Å². The Kier molecular flexibility index (Phi) is 7.55. The predicted octanol–water partition coefficient (Wildman–Crippen LogP) is 3.92. The van der Waals surface area contributed by atoms with Crippen molar-refractivity contribution in [2.75, 3.05) is 26.0 Å². The van der Waals surface area contributed by atoms with Gasteiger partial charge < -0.3 is 14.2 Å². The predicted molar refractivity (Wildman–Crippen MR) is 116 cm³/mol. The second-order valence-corrected chi connectivity index (χ2v) is 7.89. The Morgan fingerprint density at radius 1 is 1.14 bits per heavy atom. The molecule has 0 saturated carbocycles. The van der Waals surface area contributed by atoms with Crippen LogP contribution in [0.5, 0.6) is 5.75 Å². The fourth-order valence-electron chi connectivity index (χ4n) is 2.61. The zero-order chi connectivity index (χ0) is 20.6. The van der Waals surface area contributed by atoms with Crippen molar-refractivity contribution in [1.82, 2.24) is 19.7 Å². The molecule has 0 aliphatic heterocycles. The summed E-state index contributed by atoms with van der Waals surface area (Å²) in [5.41, 5.74) is 1.17. The van der Waals surface area contributed by atoms with Crippen molar-refractivity contribution in [2.24, 2.45) is 0 Å². The normalized spacial score (nSPS) is 10.7. The zero-order valence-corrected chi connectivity index (χ0v) is 18.0. The fraction of sp³-hybridized carbons (Fsp3) is 0.286. The van der Waals surface area contributed by atoms with Crippen LogP contribution in [0.15, 0.2) is 59.8 Å². The summed E-state index contributed by atoms with van der Waals surface area (Å²) >= 11 is 7.26. The molecular formula is C21H23ClN4O2S. The Morgan fingerprint density at radius 3 is 2.59 bits per heavy atom. The third kappa shape index (κ3) is 6.24. The lowest BCUT2D eigenvalue weighted by Gasteiger charge is -2.17. The number of aryl methyl sites for hydroxylation is 1. The fourth-order valence-corrected chi connectivity index (χ4v) is 3.66. The van der Waals surface area contributed by atoms with Gasteiger partial charge in [-0.2, -0.15) is 0 Å². The van der Waals surface area contributed by atoms with Crippen LogP contribution in [0.2, 0.25) is 5.02 Å². The van der Waals surface area contributed by atoms with Gasteiger partial charge in [-0.25, -0.2) is 0 Å². The maximum Gasteiger partial charge on any atom is 0.232 e. The van der Waals surface area contributed by atoms with Crippen LogP contribution in [0.3, 0.4) is 0 Å². The number of aromatic nitrogens is 3. The number of nitrogens with zero attached hydrogens (tertiary/aromatic N) is 4. The van der Waals surface area contributed by atoms with E-state index in [0.717, 1.165) is 16.7 Å². The smallest absolute Gasteiger partial charge is 0.232 e. The van der Waals surface area contributed by atoms with Crippen LogP contribution in [0, 0.1) is 6.92 Å². The van der Waals surface area contributed by atoms with Crippen molar-refractivity contribution in [2.45, 2.75) is 18.6 Å². The summed E-state index contributed by atoms with van der Waals surface area (Å²) in [6.45, 7) is 3.51. The van der Waals surface area contributed by atoms with E-state index in [0.29, 0.717) is 30.5 Å². The third-order valence-electron chi connectivity index (χ3n) is 4.34. The molecule has 8 heteroatoms. The molecule has 0 fully saturated rings. The standard InChI is InChI=1S/C21H23ClN4O2S/c1-16-23-24-21(26(16)14-17-6-4-3-5-7-17)29-15-20(27)25(2)12-13-28-19-10-8-18(22)9-11-19/h3-11H,12-15H2,1-2H3. The van der Waals surface area contributed by atoms with E-state index in [1.165, 1.54) is 17.3 Å². The van der Waals surface area contributed by atoms with Crippen molar-refractivity contribution < 1.29 is 9.53 Å². The average Bonchev–Trinajstić information content (AvgIpc) is 3.07. The van der Waals surface area contributed by atoms with Gasteiger partial charge in [0.1, 0.15) is 18.2 Å². The maximum atomic E-state index is 12.5. The van der Waals surface area contributed by atoms with Gasteiger partial charge in [0.25, 0.3) is 0 Å². The molecule has 0 bridgehead atoms. The van der Waals surface area contributed by atoms with Gasteiger partial charge in [-0.05, 0) is 36.8 Å². The molecule has 0 aliphatic rings. The molecule has 0 atom stereocenters. The topological polar surface area (TPSA) is 60.3 Å². The van der Waals surface area contributed by atoms with Gasteiger partial charge >= 0.3 is 0 Å². The molecule has 1 heterocycles. The number of thioether (sulfide) groups is 1. The molecule has 1 aromatic heterocycles. The van der Waals surface area contributed by atoms with Crippen molar-refractivity contribution in [3.05, 3.63) is 71.0 Å². The molecule has 152 valence electrons. The minimum Gasteiger partial charge on any atom is -0.492 e. The Hall–Kier alpha value is -2.51. The van der Waals surface area contributed by atoms with Gasteiger partial charge in [0.05, 0.1) is 18.8 Å². The second-order valence-electron chi connectivity index (χ2n) is 6.51. The quantitative estimate of drug-likeness (QED) is 0.481. The zero-order valence-electron chi connectivity index (χ0n) is 16.4. The molecule has 0 saturated heterocycles. The van der Waals surface area contributed by atoms with Crippen LogP contribution < -0.4 is 4.74 Å². The molecule has 2 aromatic carbocycles.